The molecule has 5 nitrogen and oxygen atoms in total. The van der Waals surface area contributed by atoms with E-state index in [4.69, 9.17) is 0 Å². The van der Waals surface area contributed by atoms with E-state index in [9.17, 15) is 14.7 Å². The number of aromatic nitrogens is 1. The lowest BCUT2D eigenvalue weighted by Crippen LogP contribution is -2.25. The first-order chi connectivity index (χ1) is 11.6. The van der Waals surface area contributed by atoms with E-state index >= 15 is 0 Å². The molecule has 2 N–H and O–H groups in total. The van der Waals surface area contributed by atoms with Crippen LogP contribution < -0.4 is 5.32 Å². The van der Waals surface area contributed by atoms with E-state index in [0.717, 1.165) is 16.9 Å². The van der Waals surface area contributed by atoms with E-state index in [0.29, 0.717) is 12.1 Å². The summed E-state index contributed by atoms with van der Waals surface area (Å²) in [6, 6.07) is 11.6. The lowest BCUT2D eigenvalue weighted by Gasteiger charge is -2.25. The Morgan fingerprint density at radius 3 is 2.71 bits per heavy atom. The molecule has 3 aromatic rings. The van der Waals surface area contributed by atoms with Crippen molar-refractivity contribution in [2.45, 2.75) is 12.3 Å². The number of carboxylic acid groups (broad SMARTS) is 1. The molecule has 1 aliphatic rings. The summed E-state index contributed by atoms with van der Waals surface area (Å²) in [5, 5.41) is 16.3. The van der Waals surface area contributed by atoms with Crippen LogP contribution in [0.2, 0.25) is 0 Å². The van der Waals surface area contributed by atoms with Crippen LogP contribution in [-0.2, 0) is 4.79 Å². The molecule has 0 bridgehead atoms. The minimum absolute atomic E-state index is 0.113. The Morgan fingerprint density at radius 2 is 2.04 bits per heavy atom. The number of amides is 1. The van der Waals surface area contributed by atoms with Gasteiger partial charge in [-0.1, -0.05) is 18.2 Å². The normalized spacial score (nSPS) is 16.5. The second kappa shape index (κ2) is 5.65. The monoisotopic (exact) mass is 338 g/mol. The van der Waals surface area contributed by atoms with Gasteiger partial charge in [-0.05, 0) is 34.5 Å². The minimum Gasteiger partial charge on any atom is -0.478 e. The summed E-state index contributed by atoms with van der Waals surface area (Å²) in [5.74, 6) is -1.37. The maximum absolute atomic E-state index is 12.1. The molecule has 3 heterocycles. The zero-order valence-electron chi connectivity index (χ0n) is 12.6. The number of hydrogen-bond acceptors (Lipinski definition) is 3. The molecule has 0 aliphatic carbocycles. The number of fused-ring (bicyclic) bond motifs is 1. The molecule has 2 aromatic heterocycles. The van der Waals surface area contributed by atoms with E-state index in [-0.39, 0.29) is 17.4 Å². The second-order valence-electron chi connectivity index (χ2n) is 5.68. The van der Waals surface area contributed by atoms with E-state index in [2.05, 4.69) is 5.32 Å². The molecule has 120 valence electrons. The Kier molecular flexibility index (Phi) is 3.46. The molecular formula is C18H14N2O3S. The van der Waals surface area contributed by atoms with Crippen LogP contribution in [0.25, 0.3) is 5.69 Å². The molecule has 4 rings (SSSR count). The number of nitrogens with zero attached hydrogens (tertiary/aromatic N) is 1. The van der Waals surface area contributed by atoms with Gasteiger partial charge in [-0.15, -0.1) is 0 Å². The summed E-state index contributed by atoms with van der Waals surface area (Å²) < 4.78 is 1.88. The highest BCUT2D eigenvalue weighted by molar-refractivity contribution is 7.08. The number of rotatable bonds is 3. The average Bonchev–Trinajstić information content (AvgIpc) is 3.22. The fraction of sp³-hybridized carbons (Fsp3) is 0.111. The SMILES string of the molecule is O=C1C[C@H](c2ccsc2)c2c(c(C(=O)O)cn2-c2ccccc2)N1. The highest BCUT2D eigenvalue weighted by Crippen LogP contribution is 2.42. The number of nitrogens with one attached hydrogen (secondary N) is 1. The molecule has 0 saturated heterocycles. The van der Waals surface area contributed by atoms with Gasteiger partial charge in [0, 0.05) is 24.2 Å². The smallest absolute Gasteiger partial charge is 0.339 e. The molecular weight excluding hydrogens is 324 g/mol. The Labute approximate surface area is 142 Å². The van der Waals surface area contributed by atoms with Gasteiger partial charge < -0.3 is 15.0 Å². The van der Waals surface area contributed by atoms with E-state index in [1.54, 1.807) is 17.5 Å². The molecule has 0 spiro atoms. The van der Waals surface area contributed by atoms with Gasteiger partial charge in [0.1, 0.15) is 5.56 Å². The fourth-order valence-corrected chi connectivity index (χ4v) is 3.90. The van der Waals surface area contributed by atoms with Crippen LogP contribution in [0.3, 0.4) is 0 Å². The maximum atomic E-state index is 12.1. The van der Waals surface area contributed by atoms with Crippen molar-refractivity contribution in [2.75, 3.05) is 5.32 Å². The summed E-state index contributed by atoms with van der Waals surface area (Å²) in [5.41, 5.74) is 3.23. The van der Waals surface area contributed by atoms with E-state index in [1.165, 1.54) is 0 Å². The quantitative estimate of drug-likeness (QED) is 0.765. The van der Waals surface area contributed by atoms with Crippen molar-refractivity contribution in [1.29, 1.82) is 0 Å². The zero-order chi connectivity index (χ0) is 16.7. The van der Waals surface area contributed by atoms with Gasteiger partial charge in [0.2, 0.25) is 5.91 Å². The zero-order valence-corrected chi connectivity index (χ0v) is 13.4. The van der Waals surface area contributed by atoms with Crippen molar-refractivity contribution in [3.8, 4) is 5.69 Å². The molecule has 0 unspecified atom stereocenters. The van der Waals surface area contributed by atoms with Gasteiger partial charge >= 0.3 is 5.97 Å². The molecule has 6 heteroatoms. The van der Waals surface area contributed by atoms with Crippen LogP contribution in [0.4, 0.5) is 5.69 Å². The predicted octanol–water partition coefficient (Wildman–Crippen LogP) is 3.71. The van der Waals surface area contributed by atoms with Crippen molar-refractivity contribution < 1.29 is 14.7 Å². The highest BCUT2D eigenvalue weighted by atomic mass is 32.1. The Balaban J connectivity index is 1.98. The number of benzene rings is 1. The van der Waals surface area contributed by atoms with Crippen molar-refractivity contribution >= 4 is 28.9 Å². The second-order valence-corrected chi connectivity index (χ2v) is 6.46. The Bertz CT molecular complexity index is 913. The molecule has 24 heavy (non-hydrogen) atoms. The number of carboxylic acids is 1. The summed E-state index contributed by atoms with van der Waals surface area (Å²) in [4.78, 5) is 23.8. The molecule has 1 atom stereocenters. The van der Waals surface area contributed by atoms with Gasteiger partial charge in [-0.2, -0.15) is 11.3 Å². The topological polar surface area (TPSA) is 71.3 Å². The van der Waals surface area contributed by atoms with Gasteiger partial charge in [-0.25, -0.2) is 4.79 Å². The highest BCUT2D eigenvalue weighted by Gasteiger charge is 2.34. The Morgan fingerprint density at radius 1 is 1.25 bits per heavy atom. The standard InChI is InChI=1S/C18H14N2O3S/c21-15-8-13(11-6-7-24-10-11)17-16(19-15)14(18(22)23)9-20(17)12-4-2-1-3-5-12/h1-7,9-10,13H,8H2,(H,19,21)(H,22,23)/t13-/m1/s1. The third-order valence-corrected chi connectivity index (χ3v) is 4.94. The van der Waals surface area contributed by atoms with E-state index < -0.39 is 5.97 Å². The van der Waals surface area contributed by atoms with Gasteiger partial charge in [0.25, 0.3) is 0 Å². The van der Waals surface area contributed by atoms with Crippen LogP contribution in [0.15, 0.2) is 53.4 Å². The van der Waals surface area contributed by atoms with Crippen molar-refractivity contribution in [1.82, 2.24) is 4.57 Å². The van der Waals surface area contributed by atoms with Crippen LogP contribution in [0, 0.1) is 0 Å². The first-order valence-corrected chi connectivity index (χ1v) is 8.45. The Hall–Kier alpha value is -2.86. The van der Waals surface area contributed by atoms with Gasteiger partial charge in [0.05, 0.1) is 11.4 Å². The van der Waals surface area contributed by atoms with Crippen LogP contribution in [-0.4, -0.2) is 21.6 Å². The number of aromatic carboxylic acids is 1. The van der Waals surface area contributed by atoms with Crippen LogP contribution in [0.1, 0.15) is 34.0 Å². The van der Waals surface area contributed by atoms with E-state index in [1.807, 2.05) is 51.7 Å². The summed E-state index contributed by atoms with van der Waals surface area (Å²) in [6.45, 7) is 0. The van der Waals surface area contributed by atoms with Crippen molar-refractivity contribution in [3.63, 3.8) is 0 Å². The molecule has 1 aromatic carbocycles. The molecule has 1 amide bonds. The van der Waals surface area contributed by atoms with Crippen molar-refractivity contribution in [2.24, 2.45) is 0 Å². The molecule has 0 fully saturated rings. The first kappa shape index (κ1) is 14.7. The third-order valence-electron chi connectivity index (χ3n) is 4.24. The lowest BCUT2D eigenvalue weighted by molar-refractivity contribution is -0.116. The third kappa shape index (κ3) is 2.32. The van der Waals surface area contributed by atoms with Crippen LogP contribution >= 0.6 is 11.3 Å². The number of hydrogen-bond donors (Lipinski definition) is 2. The van der Waals surface area contributed by atoms with Gasteiger partial charge in [0.15, 0.2) is 0 Å². The number of carbonyl (C=O) groups is 2. The number of carbonyl (C=O) groups excluding carboxylic acids is 1. The molecule has 1 aliphatic heterocycles. The summed E-state index contributed by atoms with van der Waals surface area (Å²) >= 11 is 1.57. The molecule has 0 saturated carbocycles. The first-order valence-electron chi connectivity index (χ1n) is 7.51. The largest absolute Gasteiger partial charge is 0.478 e. The fourth-order valence-electron chi connectivity index (χ4n) is 3.18. The maximum Gasteiger partial charge on any atom is 0.339 e. The van der Waals surface area contributed by atoms with Crippen LogP contribution in [0.5, 0.6) is 0 Å². The average molecular weight is 338 g/mol. The summed E-state index contributed by atoms with van der Waals surface area (Å²) in [6.07, 6.45) is 1.90. The minimum atomic E-state index is -1.05. The lowest BCUT2D eigenvalue weighted by atomic mass is 9.90. The molecule has 0 radical (unpaired) electrons. The summed E-state index contributed by atoms with van der Waals surface area (Å²) in [7, 11) is 0. The number of thiophene rings is 1. The van der Waals surface area contributed by atoms with Crippen molar-refractivity contribution in [3.05, 3.63) is 70.2 Å². The van der Waals surface area contributed by atoms with Gasteiger partial charge in [-0.3, -0.25) is 4.79 Å². The predicted molar refractivity (Wildman–Crippen MR) is 92.1 cm³/mol. The number of anilines is 1. The number of para-hydroxylation sites is 1.